The second kappa shape index (κ2) is 13.9. The van der Waals surface area contributed by atoms with Crippen LogP contribution in [0.15, 0.2) is 60.2 Å². The molecule has 0 bridgehead atoms. The number of hydrogen-bond acceptors (Lipinski definition) is 7. The molecule has 7 nitrogen and oxygen atoms in total. The molecule has 246 valence electrons. The molecule has 2 aromatic rings. The normalized spacial score (nSPS) is 29.8. The van der Waals surface area contributed by atoms with Gasteiger partial charge in [0.15, 0.2) is 11.6 Å². The van der Waals surface area contributed by atoms with E-state index in [1.165, 1.54) is 51.2 Å². The minimum Gasteiger partial charge on any atom is -0.507 e. The number of phenols is 1. The number of carbonyl (C=O) groups is 3. The maximum Gasteiger partial charge on any atom is 0.305 e. The molecule has 0 saturated heterocycles. The monoisotopic (exact) mass is 628 g/mol. The number of rotatable bonds is 7. The Hall–Kier alpha value is -3.87. The molecule has 0 amide bonds. The van der Waals surface area contributed by atoms with E-state index in [-0.39, 0.29) is 45.7 Å². The molecule has 3 saturated carbocycles. The van der Waals surface area contributed by atoms with E-state index in [1.807, 2.05) is 43.3 Å². The number of fused-ring (bicyclic) bond motifs is 5. The molecule has 7 heteroatoms. The van der Waals surface area contributed by atoms with Gasteiger partial charge in [-0.3, -0.25) is 14.4 Å². The average Bonchev–Trinajstić information content (AvgIpc) is 3.39. The van der Waals surface area contributed by atoms with Gasteiger partial charge in [-0.25, -0.2) is 0 Å². The predicted molar refractivity (Wildman–Crippen MR) is 178 cm³/mol. The van der Waals surface area contributed by atoms with Gasteiger partial charge in [-0.2, -0.15) is 0 Å². The molecule has 4 aliphatic rings. The van der Waals surface area contributed by atoms with Crippen molar-refractivity contribution in [3.8, 4) is 17.2 Å². The van der Waals surface area contributed by atoms with E-state index in [0.29, 0.717) is 29.8 Å². The first-order chi connectivity index (χ1) is 22.0. The zero-order valence-electron chi connectivity index (χ0n) is 27.8. The lowest BCUT2D eigenvalue weighted by Gasteiger charge is -2.57. The zero-order valence-corrected chi connectivity index (χ0v) is 27.8. The van der Waals surface area contributed by atoms with Gasteiger partial charge in [-0.1, -0.05) is 62.8 Å². The first-order valence-electron chi connectivity index (χ1n) is 16.7. The molecule has 0 spiro atoms. The summed E-state index contributed by atoms with van der Waals surface area (Å²) in [5.41, 5.74) is 2.84. The second-order valence-electron chi connectivity index (χ2n) is 13.8. The van der Waals surface area contributed by atoms with Crippen molar-refractivity contribution < 1.29 is 33.7 Å². The van der Waals surface area contributed by atoms with Crippen molar-refractivity contribution in [2.24, 2.45) is 28.6 Å². The zero-order chi connectivity index (χ0) is 33.1. The van der Waals surface area contributed by atoms with Gasteiger partial charge in [0.1, 0.15) is 28.9 Å². The van der Waals surface area contributed by atoms with Gasteiger partial charge in [-0.15, -0.1) is 0 Å². The van der Waals surface area contributed by atoms with Crippen LogP contribution in [0.2, 0.25) is 0 Å². The van der Waals surface area contributed by atoms with Crippen molar-refractivity contribution >= 4 is 23.6 Å². The Morgan fingerprint density at radius 3 is 2.41 bits per heavy atom. The van der Waals surface area contributed by atoms with Crippen LogP contribution in [-0.2, 0) is 14.3 Å². The summed E-state index contributed by atoms with van der Waals surface area (Å²) < 4.78 is 16.0. The molecular formula is C39H48O7. The minimum absolute atomic E-state index is 0.0411. The van der Waals surface area contributed by atoms with Crippen molar-refractivity contribution in [2.45, 2.75) is 84.7 Å². The molecule has 0 aliphatic heterocycles. The van der Waals surface area contributed by atoms with Crippen LogP contribution in [0.4, 0.5) is 0 Å². The number of phenolic OH excluding ortho intramolecular Hbond substituents is 1. The first-order valence-corrected chi connectivity index (χ1v) is 16.7. The van der Waals surface area contributed by atoms with Gasteiger partial charge in [0.25, 0.3) is 0 Å². The standard InChI is InChI=1S/C22H32O3.C17H16O4/c1-4-20(24)25-19-8-7-17-16-6-5-14-13-15(23)9-11-21(14,2)18(16)10-12-22(17,19)3;1-20-13-10-15(19)17(16(11-13)21-2)14(18)9-8-12-6-4-3-5-7-12/h13,16-19H,4-12H2,1-3H3;3-11,19H,1-2H3. The molecule has 0 radical (unpaired) electrons. The Bertz CT molecular complexity index is 1510. The van der Waals surface area contributed by atoms with Crippen LogP contribution in [-0.4, -0.2) is 43.0 Å². The van der Waals surface area contributed by atoms with E-state index >= 15 is 0 Å². The number of ether oxygens (including phenoxy) is 3. The predicted octanol–water partition coefficient (Wildman–Crippen LogP) is 8.15. The molecule has 1 N–H and O–H groups in total. The Morgan fingerprint density at radius 2 is 1.72 bits per heavy atom. The molecule has 46 heavy (non-hydrogen) atoms. The fourth-order valence-corrected chi connectivity index (χ4v) is 8.87. The van der Waals surface area contributed by atoms with Crippen LogP contribution < -0.4 is 9.47 Å². The van der Waals surface area contributed by atoms with Gasteiger partial charge in [0.2, 0.25) is 0 Å². The van der Waals surface area contributed by atoms with Gasteiger partial charge >= 0.3 is 5.97 Å². The van der Waals surface area contributed by atoms with E-state index in [1.54, 1.807) is 12.1 Å². The van der Waals surface area contributed by atoms with Crippen LogP contribution in [0.5, 0.6) is 17.2 Å². The van der Waals surface area contributed by atoms with Crippen LogP contribution in [0, 0.1) is 28.6 Å². The highest BCUT2D eigenvalue weighted by atomic mass is 16.5. The third-order valence-electron chi connectivity index (χ3n) is 11.4. The third kappa shape index (κ3) is 6.51. The number of methoxy groups -OCH3 is 2. The third-order valence-corrected chi connectivity index (χ3v) is 11.4. The summed E-state index contributed by atoms with van der Waals surface area (Å²) in [6.45, 7) is 6.69. The summed E-state index contributed by atoms with van der Waals surface area (Å²) in [6, 6.07) is 12.4. The molecule has 6 atom stereocenters. The summed E-state index contributed by atoms with van der Waals surface area (Å²) in [6.07, 6.45) is 14.4. The summed E-state index contributed by atoms with van der Waals surface area (Å²) in [7, 11) is 2.91. The first kappa shape index (κ1) is 33.5. The topological polar surface area (TPSA) is 99.1 Å². The van der Waals surface area contributed by atoms with Crippen molar-refractivity contribution in [2.75, 3.05) is 14.2 Å². The van der Waals surface area contributed by atoms with Crippen LogP contribution in [0.1, 0.15) is 94.5 Å². The van der Waals surface area contributed by atoms with Crippen molar-refractivity contribution in [1.29, 1.82) is 0 Å². The van der Waals surface area contributed by atoms with Crippen molar-refractivity contribution in [3.63, 3.8) is 0 Å². The quantitative estimate of drug-likeness (QED) is 0.188. The van der Waals surface area contributed by atoms with Crippen molar-refractivity contribution in [1.82, 2.24) is 0 Å². The van der Waals surface area contributed by atoms with Crippen molar-refractivity contribution in [3.05, 3.63) is 71.3 Å². The van der Waals surface area contributed by atoms with Crippen LogP contribution in [0.3, 0.4) is 0 Å². The van der Waals surface area contributed by atoms with E-state index in [0.717, 1.165) is 43.6 Å². The Morgan fingerprint density at radius 1 is 0.957 bits per heavy atom. The Kier molecular flexibility index (Phi) is 10.1. The van der Waals surface area contributed by atoms with E-state index in [2.05, 4.69) is 13.8 Å². The second-order valence-corrected chi connectivity index (χ2v) is 13.8. The fraction of sp³-hybridized carbons (Fsp3) is 0.513. The lowest BCUT2D eigenvalue weighted by atomic mass is 9.47. The molecule has 4 aliphatic carbocycles. The molecule has 6 rings (SSSR count). The molecule has 6 unspecified atom stereocenters. The fourth-order valence-electron chi connectivity index (χ4n) is 8.87. The highest BCUT2D eigenvalue weighted by Gasteiger charge is 2.59. The molecule has 3 fully saturated rings. The number of esters is 1. The van der Waals surface area contributed by atoms with Crippen LogP contribution >= 0.6 is 0 Å². The van der Waals surface area contributed by atoms with Crippen LogP contribution in [0.25, 0.3) is 6.08 Å². The van der Waals surface area contributed by atoms with E-state index < -0.39 is 0 Å². The summed E-state index contributed by atoms with van der Waals surface area (Å²) >= 11 is 0. The minimum atomic E-state index is -0.337. The highest BCUT2D eigenvalue weighted by molar-refractivity contribution is 6.10. The maximum absolute atomic E-state index is 12.3. The SMILES string of the molecule is CCC(=O)OC1CCC2C3CCC4=CC(=O)CCC4(C)C3CCC12C.COc1cc(O)c(C(=O)C=Cc2ccccc2)c(OC)c1. The van der Waals surface area contributed by atoms with Gasteiger partial charge in [0, 0.05) is 30.4 Å². The lowest BCUT2D eigenvalue weighted by molar-refractivity contribution is -0.159. The van der Waals surface area contributed by atoms with Gasteiger partial charge in [0.05, 0.1) is 14.2 Å². The summed E-state index contributed by atoms with van der Waals surface area (Å²) in [4.78, 5) is 36.0. The van der Waals surface area contributed by atoms with Gasteiger partial charge in [-0.05, 0) is 85.8 Å². The largest absolute Gasteiger partial charge is 0.507 e. The maximum atomic E-state index is 12.3. The smallest absolute Gasteiger partial charge is 0.305 e. The highest BCUT2D eigenvalue weighted by Crippen LogP contribution is 2.65. The summed E-state index contributed by atoms with van der Waals surface area (Å²) in [5, 5.41) is 9.99. The van der Waals surface area contributed by atoms with E-state index in [9.17, 15) is 19.5 Å². The number of ketones is 2. The number of benzene rings is 2. The number of allylic oxidation sites excluding steroid dienone is 2. The van der Waals surface area contributed by atoms with Gasteiger partial charge < -0.3 is 19.3 Å². The number of aromatic hydroxyl groups is 1. The molecule has 0 aromatic heterocycles. The molecular weight excluding hydrogens is 580 g/mol. The number of carbonyl (C=O) groups excluding carboxylic acids is 3. The van der Waals surface area contributed by atoms with E-state index in [4.69, 9.17) is 14.2 Å². The Labute approximate surface area is 273 Å². The average molecular weight is 629 g/mol. The molecule has 0 heterocycles. The molecule has 2 aromatic carbocycles. The lowest BCUT2D eigenvalue weighted by Crippen LogP contribution is -2.51. The summed E-state index contributed by atoms with van der Waals surface area (Å²) in [5.74, 6) is 2.60. The Balaban J connectivity index is 0.000000184. The number of hydrogen-bond donors (Lipinski definition) is 1.